The lowest BCUT2D eigenvalue weighted by molar-refractivity contribution is -0.124. The summed E-state index contributed by atoms with van der Waals surface area (Å²) in [6, 6.07) is 13.5. The molecule has 0 unspecified atom stereocenters. The molecule has 2 amide bonds. The molecule has 0 aliphatic carbocycles. The number of nitrogens with zero attached hydrogens (tertiary/aromatic N) is 1. The summed E-state index contributed by atoms with van der Waals surface area (Å²) < 4.78 is 30.1. The Bertz CT molecular complexity index is 1180. The fourth-order valence-corrected chi connectivity index (χ4v) is 4.96. The fraction of sp³-hybridized carbons (Fsp3) is 0.190. The van der Waals surface area contributed by atoms with Crippen LogP contribution in [0.2, 0.25) is 0 Å². The van der Waals surface area contributed by atoms with Gasteiger partial charge in [0.1, 0.15) is 10.1 Å². The smallest absolute Gasteiger partial charge is 0.266 e. The van der Waals surface area contributed by atoms with Crippen molar-refractivity contribution in [2.45, 2.75) is 18.2 Å². The van der Waals surface area contributed by atoms with Crippen molar-refractivity contribution < 1.29 is 22.7 Å². The average molecular weight is 492 g/mol. The standard InChI is InChI=1S/C21H21N3O5S3/c1-14-7-9-16(10-8-14)32(27,28)23-22-19(25)11-12-24-20(26)18(31-21(24)30)13-15-5-3-4-6-17(15)29-2/h3-10,13,23H,11-12H2,1-2H3,(H,22,25)/b18-13-. The van der Waals surface area contributed by atoms with Crippen molar-refractivity contribution in [3.05, 3.63) is 64.6 Å². The zero-order valence-corrected chi connectivity index (χ0v) is 19.8. The van der Waals surface area contributed by atoms with E-state index in [2.05, 4.69) is 10.3 Å². The van der Waals surface area contributed by atoms with Crippen LogP contribution >= 0.6 is 24.0 Å². The van der Waals surface area contributed by atoms with E-state index in [0.717, 1.165) is 22.9 Å². The van der Waals surface area contributed by atoms with Gasteiger partial charge in [0.15, 0.2) is 0 Å². The third-order valence-electron chi connectivity index (χ3n) is 4.52. The molecule has 2 N–H and O–H groups in total. The number of aryl methyl sites for hydroxylation is 1. The van der Waals surface area contributed by atoms with E-state index in [1.54, 1.807) is 31.4 Å². The molecule has 2 aromatic rings. The van der Waals surface area contributed by atoms with Crippen molar-refractivity contribution in [2.75, 3.05) is 13.7 Å². The molecule has 1 fully saturated rings. The molecule has 11 heteroatoms. The average Bonchev–Trinajstić information content (AvgIpc) is 3.04. The summed E-state index contributed by atoms with van der Waals surface area (Å²) in [5.74, 6) is -0.291. The van der Waals surface area contributed by atoms with Crippen LogP contribution in [0.5, 0.6) is 5.75 Å². The van der Waals surface area contributed by atoms with Crippen LogP contribution in [0.15, 0.2) is 58.3 Å². The van der Waals surface area contributed by atoms with E-state index in [4.69, 9.17) is 17.0 Å². The highest BCUT2D eigenvalue weighted by atomic mass is 32.2. The number of thiocarbonyl (C=S) groups is 1. The maximum absolute atomic E-state index is 12.7. The van der Waals surface area contributed by atoms with Crippen LogP contribution in [0.3, 0.4) is 0 Å². The summed E-state index contributed by atoms with van der Waals surface area (Å²) in [5, 5.41) is 0. The number of amides is 2. The van der Waals surface area contributed by atoms with Gasteiger partial charge in [-0.25, -0.2) is 8.42 Å². The Morgan fingerprint density at radius 3 is 2.56 bits per heavy atom. The Labute approximate surface area is 196 Å². The van der Waals surface area contributed by atoms with Crippen molar-refractivity contribution in [2.24, 2.45) is 0 Å². The molecule has 2 aromatic carbocycles. The van der Waals surface area contributed by atoms with Crippen LogP contribution in [0.1, 0.15) is 17.5 Å². The molecule has 3 rings (SSSR count). The molecular weight excluding hydrogens is 470 g/mol. The quantitative estimate of drug-likeness (QED) is 0.332. The molecule has 168 valence electrons. The number of sulfonamides is 1. The fourth-order valence-electron chi connectivity index (χ4n) is 2.80. The molecule has 1 aliphatic rings. The van der Waals surface area contributed by atoms with E-state index in [1.807, 2.05) is 25.1 Å². The Morgan fingerprint density at radius 2 is 1.88 bits per heavy atom. The molecule has 0 radical (unpaired) electrons. The lowest BCUT2D eigenvalue weighted by Crippen LogP contribution is -2.43. The maximum atomic E-state index is 12.7. The van der Waals surface area contributed by atoms with Crippen molar-refractivity contribution in [3.63, 3.8) is 0 Å². The molecule has 32 heavy (non-hydrogen) atoms. The summed E-state index contributed by atoms with van der Waals surface area (Å²) in [6.07, 6.45) is 1.55. The van der Waals surface area contributed by atoms with E-state index in [0.29, 0.717) is 15.0 Å². The van der Waals surface area contributed by atoms with Crippen molar-refractivity contribution >= 4 is 56.2 Å². The predicted octanol–water partition coefficient (Wildman–Crippen LogP) is 2.60. The van der Waals surface area contributed by atoms with Crippen LogP contribution < -0.4 is 15.0 Å². The number of hydrogen-bond acceptors (Lipinski definition) is 7. The van der Waals surface area contributed by atoms with Gasteiger partial charge in [-0.15, -0.1) is 4.83 Å². The Hall–Kier alpha value is -2.73. The highest BCUT2D eigenvalue weighted by Crippen LogP contribution is 2.34. The Balaban J connectivity index is 1.57. The van der Waals surface area contributed by atoms with Gasteiger partial charge in [0.25, 0.3) is 15.9 Å². The first-order chi connectivity index (χ1) is 15.2. The molecular formula is C21H21N3O5S3. The second-order valence-corrected chi connectivity index (χ2v) is 10.2. The molecule has 0 bridgehead atoms. The number of benzene rings is 2. The van der Waals surface area contributed by atoms with Crippen LogP contribution in [0.25, 0.3) is 6.08 Å². The minimum absolute atomic E-state index is 0.0199. The first-order valence-electron chi connectivity index (χ1n) is 9.47. The first-order valence-corrected chi connectivity index (χ1v) is 12.2. The van der Waals surface area contributed by atoms with Crippen LogP contribution in [-0.4, -0.2) is 43.1 Å². The van der Waals surface area contributed by atoms with Gasteiger partial charge in [-0.1, -0.05) is 59.9 Å². The van der Waals surface area contributed by atoms with E-state index >= 15 is 0 Å². The normalized spacial score (nSPS) is 15.3. The maximum Gasteiger partial charge on any atom is 0.266 e. The Kier molecular flexibility index (Phi) is 7.67. The van der Waals surface area contributed by atoms with E-state index in [1.165, 1.54) is 17.0 Å². The molecule has 1 heterocycles. The zero-order chi connectivity index (χ0) is 23.3. The molecule has 0 saturated carbocycles. The molecule has 1 saturated heterocycles. The molecule has 0 spiro atoms. The van der Waals surface area contributed by atoms with Gasteiger partial charge in [-0.05, 0) is 31.2 Å². The SMILES string of the molecule is COc1ccccc1/C=C1\SC(=S)N(CCC(=O)NNS(=O)(=O)c2ccc(C)cc2)C1=O. The van der Waals surface area contributed by atoms with Gasteiger partial charge in [-0.2, -0.15) is 0 Å². The van der Waals surface area contributed by atoms with Gasteiger partial charge >= 0.3 is 0 Å². The second-order valence-electron chi connectivity index (χ2n) is 6.79. The number of nitrogens with one attached hydrogen (secondary N) is 2. The van der Waals surface area contributed by atoms with Crippen LogP contribution in [0.4, 0.5) is 0 Å². The molecule has 0 atom stereocenters. The van der Waals surface area contributed by atoms with Crippen LogP contribution in [0, 0.1) is 6.92 Å². The van der Waals surface area contributed by atoms with Crippen molar-refractivity contribution in [3.8, 4) is 5.75 Å². The zero-order valence-electron chi connectivity index (χ0n) is 17.3. The summed E-state index contributed by atoms with van der Waals surface area (Å²) in [5.41, 5.74) is 3.81. The van der Waals surface area contributed by atoms with Gasteiger partial charge in [0.05, 0.1) is 16.9 Å². The largest absolute Gasteiger partial charge is 0.496 e. The number of hydrazine groups is 1. The second kappa shape index (κ2) is 10.3. The highest BCUT2D eigenvalue weighted by Gasteiger charge is 2.32. The number of methoxy groups -OCH3 is 1. The van der Waals surface area contributed by atoms with Gasteiger partial charge < -0.3 is 4.74 Å². The van der Waals surface area contributed by atoms with Crippen LogP contribution in [-0.2, 0) is 19.6 Å². The summed E-state index contributed by atoms with van der Waals surface area (Å²) in [6.45, 7) is 1.86. The number of thioether (sulfide) groups is 1. The lowest BCUT2D eigenvalue weighted by atomic mass is 10.2. The molecule has 8 nitrogen and oxygen atoms in total. The Morgan fingerprint density at radius 1 is 1.19 bits per heavy atom. The van der Waals surface area contributed by atoms with Gasteiger partial charge in [0, 0.05) is 18.5 Å². The number of carbonyl (C=O) groups is 2. The first kappa shape index (κ1) is 23.9. The summed E-state index contributed by atoms with van der Waals surface area (Å²) in [7, 11) is -2.35. The third kappa shape index (κ3) is 5.74. The third-order valence-corrected chi connectivity index (χ3v) is 7.16. The summed E-state index contributed by atoms with van der Waals surface area (Å²) in [4.78, 5) is 28.7. The highest BCUT2D eigenvalue weighted by molar-refractivity contribution is 8.26. The predicted molar refractivity (Wildman–Crippen MR) is 127 cm³/mol. The molecule has 0 aromatic heterocycles. The van der Waals surface area contributed by atoms with Gasteiger partial charge in [0.2, 0.25) is 5.91 Å². The minimum atomic E-state index is -3.89. The molecule has 1 aliphatic heterocycles. The van der Waals surface area contributed by atoms with Gasteiger partial charge in [-0.3, -0.25) is 19.9 Å². The summed E-state index contributed by atoms with van der Waals surface area (Å²) >= 11 is 6.41. The van der Waals surface area contributed by atoms with E-state index in [9.17, 15) is 18.0 Å². The number of rotatable bonds is 8. The minimum Gasteiger partial charge on any atom is -0.496 e. The topological polar surface area (TPSA) is 105 Å². The van der Waals surface area contributed by atoms with Crippen molar-refractivity contribution in [1.82, 2.24) is 15.2 Å². The monoisotopic (exact) mass is 491 g/mol. The van der Waals surface area contributed by atoms with E-state index < -0.39 is 15.9 Å². The number of ether oxygens (including phenoxy) is 1. The van der Waals surface area contributed by atoms with Crippen molar-refractivity contribution in [1.29, 1.82) is 0 Å². The number of carbonyl (C=O) groups excluding carboxylic acids is 2. The number of para-hydroxylation sites is 1. The van der Waals surface area contributed by atoms with E-state index in [-0.39, 0.29) is 23.8 Å². The number of hydrogen-bond donors (Lipinski definition) is 2. The lowest BCUT2D eigenvalue weighted by Gasteiger charge is -2.14.